The zero-order valence-electron chi connectivity index (χ0n) is 12.0. The van der Waals surface area contributed by atoms with Crippen LogP contribution in [0.3, 0.4) is 0 Å². The summed E-state index contributed by atoms with van der Waals surface area (Å²) in [5, 5.41) is 13.1. The van der Waals surface area contributed by atoms with Gasteiger partial charge in [-0.2, -0.15) is 4.39 Å². The first kappa shape index (κ1) is 16.9. The summed E-state index contributed by atoms with van der Waals surface area (Å²) in [6.07, 6.45) is -0.833. The molecule has 0 aliphatic carbocycles. The molecule has 6 nitrogen and oxygen atoms in total. The molecule has 0 fully saturated rings. The number of benzene rings is 2. The van der Waals surface area contributed by atoms with E-state index in [1.807, 2.05) is 0 Å². The summed E-state index contributed by atoms with van der Waals surface area (Å²) in [6.45, 7) is 1.54. The maximum Gasteiger partial charge on any atom is 0.306 e. The lowest BCUT2D eigenvalue weighted by molar-refractivity contribution is -0.387. The molecule has 2 aromatic rings. The van der Waals surface area contributed by atoms with Crippen LogP contribution in [0, 0.1) is 15.9 Å². The molecule has 0 aliphatic rings. The van der Waals surface area contributed by atoms with E-state index >= 15 is 0 Å². The Morgan fingerprint density at radius 2 is 1.96 bits per heavy atom. The molecule has 2 aromatic carbocycles. The van der Waals surface area contributed by atoms with Crippen molar-refractivity contribution in [1.29, 1.82) is 0 Å². The molecule has 8 heteroatoms. The lowest BCUT2D eigenvalue weighted by Crippen LogP contribution is -2.30. The summed E-state index contributed by atoms with van der Waals surface area (Å²) in [5.41, 5.74) is -0.585. The van der Waals surface area contributed by atoms with Crippen LogP contribution in [0.15, 0.2) is 46.9 Å². The van der Waals surface area contributed by atoms with Crippen LogP contribution in [0.2, 0.25) is 0 Å². The highest BCUT2D eigenvalue weighted by atomic mass is 79.9. The summed E-state index contributed by atoms with van der Waals surface area (Å²) in [7, 11) is 0. The quantitative estimate of drug-likeness (QED) is 0.627. The van der Waals surface area contributed by atoms with Gasteiger partial charge in [-0.05, 0) is 43.3 Å². The van der Waals surface area contributed by atoms with E-state index in [4.69, 9.17) is 4.74 Å². The van der Waals surface area contributed by atoms with Crippen LogP contribution in [-0.4, -0.2) is 16.9 Å². The fourth-order valence-corrected chi connectivity index (χ4v) is 2.01. The molecule has 0 unspecified atom stereocenters. The van der Waals surface area contributed by atoms with Gasteiger partial charge in [0.05, 0.1) is 4.92 Å². The monoisotopic (exact) mass is 382 g/mol. The van der Waals surface area contributed by atoms with Crippen LogP contribution < -0.4 is 10.1 Å². The topological polar surface area (TPSA) is 81.5 Å². The average molecular weight is 383 g/mol. The first-order chi connectivity index (χ1) is 10.9. The number of halogens is 2. The molecular formula is C15H12BrFN2O4. The van der Waals surface area contributed by atoms with Crippen LogP contribution in [-0.2, 0) is 4.79 Å². The molecule has 1 N–H and O–H groups in total. The summed E-state index contributed by atoms with van der Waals surface area (Å²) >= 11 is 3.29. The lowest BCUT2D eigenvalue weighted by atomic mass is 10.2. The van der Waals surface area contributed by atoms with Crippen molar-refractivity contribution < 1.29 is 18.8 Å². The van der Waals surface area contributed by atoms with Gasteiger partial charge in [0, 0.05) is 16.2 Å². The van der Waals surface area contributed by atoms with Gasteiger partial charge in [-0.15, -0.1) is 0 Å². The van der Waals surface area contributed by atoms with Crippen molar-refractivity contribution in [3.05, 3.63) is 62.9 Å². The fourth-order valence-electron chi connectivity index (χ4n) is 1.75. The third-order valence-corrected chi connectivity index (χ3v) is 3.43. The highest BCUT2D eigenvalue weighted by Gasteiger charge is 2.18. The number of carbonyl (C=O) groups excluding carboxylic acids is 1. The van der Waals surface area contributed by atoms with E-state index in [0.717, 1.165) is 16.6 Å². The van der Waals surface area contributed by atoms with Crippen molar-refractivity contribution in [1.82, 2.24) is 0 Å². The maximum absolute atomic E-state index is 13.3. The van der Waals surface area contributed by atoms with E-state index in [1.165, 1.54) is 13.0 Å². The number of nitro groups is 1. The third-order valence-electron chi connectivity index (χ3n) is 2.91. The fraction of sp³-hybridized carbons (Fsp3) is 0.133. The van der Waals surface area contributed by atoms with E-state index in [2.05, 4.69) is 21.2 Å². The zero-order valence-corrected chi connectivity index (χ0v) is 13.5. The number of amides is 1. The lowest BCUT2D eigenvalue weighted by Gasteiger charge is -2.14. The smallest absolute Gasteiger partial charge is 0.306 e. The highest BCUT2D eigenvalue weighted by molar-refractivity contribution is 9.10. The zero-order chi connectivity index (χ0) is 17.0. The number of hydrogen-bond donors (Lipinski definition) is 1. The Hall–Kier alpha value is -2.48. The van der Waals surface area contributed by atoms with E-state index in [0.29, 0.717) is 5.75 Å². The molecule has 1 atom stereocenters. The van der Waals surface area contributed by atoms with Crippen LogP contribution >= 0.6 is 15.9 Å². The van der Waals surface area contributed by atoms with Crippen molar-refractivity contribution in [2.24, 2.45) is 0 Å². The molecular weight excluding hydrogens is 371 g/mol. The number of nitro benzene ring substituents is 1. The number of ether oxygens (including phenoxy) is 1. The van der Waals surface area contributed by atoms with Crippen molar-refractivity contribution in [2.75, 3.05) is 5.32 Å². The maximum atomic E-state index is 13.3. The van der Waals surface area contributed by atoms with Crippen LogP contribution in [0.25, 0.3) is 0 Å². The van der Waals surface area contributed by atoms with Crippen LogP contribution in [0.5, 0.6) is 5.75 Å². The van der Waals surface area contributed by atoms with E-state index < -0.39 is 28.4 Å². The van der Waals surface area contributed by atoms with Gasteiger partial charge in [-0.25, -0.2) is 0 Å². The summed E-state index contributed by atoms with van der Waals surface area (Å²) in [5.74, 6) is -0.970. The van der Waals surface area contributed by atoms with Gasteiger partial charge >= 0.3 is 5.69 Å². The molecule has 0 bridgehead atoms. The summed E-state index contributed by atoms with van der Waals surface area (Å²) in [6, 6.07) is 10.0. The largest absolute Gasteiger partial charge is 0.481 e. The third kappa shape index (κ3) is 4.49. The molecule has 0 saturated heterocycles. The average Bonchev–Trinajstić information content (AvgIpc) is 2.51. The predicted molar refractivity (Wildman–Crippen MR) is 85.9 cm³/mol. The van der Waals surface area contributed by atoms with Crippen molar-refractivity contribution in [3.8, 4) is 5.75 Å². The summed E-state index contributed by atoms with van der Waals surface area (Å²) < 4.78 is 19.6. The molecule has 0 radical (unpaired) electrons. The molecule has 0 aromatic heterocycles. The molecule has 120 valence electrons. The second-order valence-electron chi connectivity index (χ2n) is 4.63. The van der Waals surface area contributed by atoms with Gasteiger partial charge in [0.1, 0.15) is 5.75 Å². The number of anilines is 1. The second kappa shape index (κ2) is 7.19. The van der Waals surface area contributed by atoms with Gasteiger partial charge in [-0.1, -0.05) is 15.9 Å². The Labute approximate surface area is 139 Å². The summed E-state index contributed by atoms with van der Waals surface area (Å²) in [4.78, 5) is 21.9. The van der Waals surface area contributed by atoms with Crippen LogP contribution in [0.4, 0.5) is 15.8 Å². The van der Waals surface area contributed by atoms with Gasteiger partial charge in [-0.3, -0.25) is 14.9 Å². The Balaban J connectivity index is 2.04. The first-order valence-electron chi connectivity index (χ1n) is 6.54. The molecule has 23 heavy (non-hydrogen) atoms. The molecule has 2 rings (SSSR count). The minimum absolute atomic E-state index is 0.120. The Morgan fingerprint density at radius 1 is 1.30 bits per heavy atom. The second-order valence-corrected chi connectivity index (χ2v) is 5.54. The van der Waals surface area contributed by atoms with E-state index in [1.54, 1.807) is 24.3 Å². The van der Waals surface area contributed by atoms with Crippen LogP contribution in [0.1, 0.15) is 6.92 Å². The van der Waals surface area contributed by atoms with Gasteiger partial charge in [0.15, 0.2) is 6.10 Å². The minimum Gasteiger partial charge on any atom is -0.481 e. The van der Waals surface area contributed by atoms with Gasteiger partial charge in [0.2, 0.25) is 5.82 Å². The molecule has 0 aliphatic heterocycles. The number of nitrogens with zero attached hydrogens (tertiary/aromatic N) is 1. The number of carbonyl (C=O) groups is 1. The highest BCUT2D eigenvalue weighted by Crippen LogP contribution is 2.22. The van der Waals surface area contributed by atoms with Crippen molar-refractivity contribution in [2.45, 2.75) is 13.0 Å². The molecule has 0 saturated carbocycles. The van der Waals surface area contributed by atoms with Gasteiger partial charge < -0.3 is 10.1 Å². The van der Waals surface area contributed by atoms with Crippen molar-refractivity contribution in [3.63, 3.8) is 0 Å². The number of rotatable bonds is 5. The molecule has 0 heterocycles. The first-order valence-corrected chi connectivity index (χ1v) is 7.33. The number of nitrogens with one attached hydrogen (secondary N) is 1. The van der Waals surface area contributed by atoms with Crippen molar-refractivity contribution >= 4 is 33.2 Å². The van der Waals surface area contributed by atoms with E-state index in [9.17, 15) is 19.3 Å². The molecule has 1 amide bonds. The Kier molecular flexibility index (Phi) is 5.28. The molecule has 0 spiro atoms. The normalized spacial score (nSPS) is 11.6. The number of hydrogen-bond acceptors (Lipinski definition) is 4. The minimum atomic E-state index is -0.966. The standard InChI is InChI=1S/C15H12BrFN2O4/c1-9(23-12-5-2-10(16)3-6-12)15(20)18-11-4-7-13(17)14(8-11)19(21)22/h2-9H,1H3,(H,18,20)/t9-/m0/s1. The van der Waals surface area contributed by atoms with Gasteiger partial charge in [0.25, 0.3) is 5.91 Å². The predicted octanol–water partition coefficient (Wildman–Crippen LogP) is 3.90. The Morgan fingerprint density at radius 3 is 2.57 bits per heavy atom. The SMILES string of the molecule is C[C@H](Oc1ccc(Br)cc1)C(=O)Nc1ccc(F)c([N+](=O)[O-])c1. The van der Waals surface area contributed by atoms with E-state index in [-0.39, 0.29) is 5.69 Å². The Bertz CT molecular complexity index is 737.